The average Bonchev–Trinajstić information content (AvgIpc) is 2.92. The van der Waals surface area contributed by atoms with E-state index in [0.717, 1.165) is 35.7 Å². The number of rotatable bonds is 5. The van der Waals surface area contributed by atoms with E-state index in [1.54, 1.807) is 4.68 Å². The Hall–Kier alpha value is -2.41. The van der Waals surface area contributed by atoms with E-state index >= 15 is 0 Å². The van der Waals surface area contributed by atoms with E-state index in [-0.39, 0.29) is 5.69 Å². The van der Waals surface area contributed by atoms with Gasteiger partial charge in [-0.05, 0) is 31.9 Å². The van der Waals surface area contributed by atoms with Crippen LogP contribution in [-0.4, -0.2) is 50.4 Å². The molecule has 0 saturated heterocycles. The van der Waals surface area contributed by atoms with Crippen molar-refractivity contribution in [1.82, 2.24) is 19.7 Å². The summed E-state index contributed by atoms with van der Waals surface area (Å²) in [5.41, 5.74) is 3.22. The van der Waals surface area contributed by atoms with E-state index < -0.39 is 5.97 Å². The maximum absolute atomic E-state index is 11.3. The number of carboxylic acids is 1. The first-order chi connectivity index (χ1) is 11.9. The first-order valence-corrected chi connectivity index (χ1v) is 8.55. The Labute approximate surface area is 147 Å². The van der Waals surface area contributed by atoms with Gasteiger partial charge in [0.05, 0.1) is 5.69 Å². The average molecular weight is 343 g/mol. The molecular formula is C18H25N5O2. The maximum Gasteiger partial charge on any atom is 0.356 e. The van der Waals surface area contributed by atoms with Gasteiger partial charge in [-0.1, -0.05) is 6.07 Å². The van der Waals surface area contributed by atoms with Gasteiger partial charge >= 0.3 is 5.97 Å². The lowest BCUT2D eigenvalue weighted by Crippen LogP contribution is -2.31. The highest BCUT2D eigenvalue weighted by Gasteiger charge is 2.26. The Kier molecular flexibility index (Phi) is 4.76. The quantitative estimate of drug-likeness (QED) is 0.894. The van der Waals surface area contributed by atoms with Crippen LogP contribution in [0, 0.1) is 0 Å². The van der Waals surface area contributed by atoms with Crippen molar-refractivity contribution in [1.29, 1.82) is 0 Å². The summed E-state index contributed by atoms with van der Waals surface area (Å²) in [5.74, 6) is 0.0248. The molecule has 2 aromatic rings. The molecule has 3 rings (SSSR count). The molecule has 7 nitrogen and oxygen atoms in total. The van der Waals surface area contributed by atoms with Crippen LogP contribution in [0.2, 0.25) is 0 Å². The summed E-state index contributed by atoms with van der Waals surface area (Å²) >= 11 is 0. The van der Waals surface area contributed by atoms with E-state index in [0.29, 0.717) is 19.0 Å². The molecule has 0 amide bonds. The van der Waals surface area contributed by atoms with Gasteiger partial charge in [-0.3, -0.25) is 9.58 Å². The number of fused-ring (bicyclic) bond motifs is 1. The van der Waals surface area contributed by atoms with E-state index in [4.69, 9.17) is 0 Å². The van der Waals surface area contributed by atoms with Crippen LogP contribution in [0.4, 0.5) is 5.82 Å². The molecule has 0 aromatic carbocycles. The SMILES string of the molecule is CC(C)N(C)c1ccc(CN2CCc3c(C(=O)O)nn(C)c3C2)cn1. The fourth-order valence-corrected chi connectivity index (χ4v) is 3.17. The molecule has 2 aromatic heterocycles. The molecule has 0 atom stereocenters. The Balaban J connectivity index is 1.70. The fraction of sp³-hybridized carbons (Fsp3) is 0.500. The monoisotopic (exact) mass is 343 g/mol. The lowest BCUT2D eigenvalue weighted by Gasteiger charge is -2.27. The largest absolute Gasteiger partial charge is 0.476 e. The van der Waals surface area contributed by atoms with Crippen LogP contribution in [0.15, 0.2) is 18.3 Å². The summed E-state index contributed by atoms with van der Waals surface area (Å²) < 4.78 is 1.70. The van der Waals surface area contributed by atoms with Gasteiger partial charge in [-0.2, -0.15) is 5.10 Å². The predicted octanol–water partition coefficient (Wildman–Crippen LogP) is 1.92. The second-order valence-electron chi connectivity index (χ2n) is 6.89. The zero-order valence-electron chi connectivity index (χ0n) is 15.2. The molecule has 0 spiro atoms. The standard InChI is InChI=1S/C18H25N5O2/c1-12(2)21(3)16-6-5-13(9-19-16)10-23-8-7-14-15(11-23)22(4)20-17(14)18(24)25/h5-6,9,12H,7-8,10-11H2,1-4H3,(H,24,25). The smallest absolute Gasteiger partial charge is 0.356 e. The Morgan fingerprint density at radius 2 is 2.16 bits per heavy atom. The molecule has 0 unspecified atom stereocenters. The highest BCUT2D eigenvalue weighted by molar-refractivity contribution is 5.87. The lowest BCUT2D eigenvalue weighted by molar-refractivity contribution is 0.0688. The molecule has 1 aliphatic rings. The van der Waals surface area contributed by atoms with E-state index in [1.807, 2.05) is 20.3 Å². The van der Waals surface area contributed by atoms with Gasteiger partial charge in [-0.25, -0.2) is 9.78 Å². The number of aromatic carboxylic acids is 1. The zero-order valence-corrected chi connectivity index (χ0v) is 15.2. The van der Waals surface area contributed by atoms with Crippen LogP contribution >= 0.6 is 0 Å². The third-order valence-electron chi connectivity index (χ3n) is 4.88. The van der Waals surface area contributed by atoms with Crippen molar-refractivity contribution in [3.05, 3.63) is 40.8 Å². The predicted molar refractivity (Wildman–Crippen MR) is 95.8 cm³/mol. The van der Waals surface area contributed by atoms with Crippen molar-refractivity contribution in [2.24, 2.45) is 7.05 Å². The number of pyridine rings is 1. The third kappa shape index (κ3) is 3.51. The first kappa shape index (κ1) is 17.4. The molecule has 1 aliphatic heterocycles. The van der Waals surface area contributed by atoms with Gasteiger partial charge in [0.2, 0.25) is 0 Å². The summed E-state index contributed by atoms with van der Waals surface area (Å²) in [7, 11) is 3.86. The number of hydrogen-bond acceptors (Lipinski definition) is 5. The maximum atomic E-state index is 11.3. The van der Waals surface area contributed by atoms with Crippen LogP contribution in [0.1, 0.15) is 41.2 Å². The molecule has 7 heteroatoms. The number of nitrogens with zero attached hydrogens (tertiary/aromatic N) is 5. The van der Waals surface area contributed by atoms with Crippen molar-refractivity contribution in [2.75, 3.05) is 18.5 Å². The van der Waals surface area contributed by atoms with Gasteiger partial charge in [-0.15, -0.1) is 0 Å². The van der Waals surface area contributed by atoms with Gasteiger partial charge in [0.15, 0.2) is 5.69 Å². The lowest BCUT2D eigenvalue weighted by atomic mass is 10.0. The second kappa shape index (κ2) is 6.84. The van der Waals surface area contributed by atoms with Crippen molar-refractivity contribution < 1.29 is 9.90 Å². The van der Waals surface area contributed by atoms with Crippen molar-refractivity contribution in [2.45, 2.75) is 39.4 Å². The van der Waals surface area contributed by atoms with Crippen molar-refractivity contribution in [3.8, 4) is 0 Å². The molecule has 3 heterocycles. The van der Waals surface area contributed by atoms with E-state index in [2.05, 4.69) is 45.9 Å². The molecule has 1 N–H and O–H groups in total. The molecule has 0 aliphatic carbocycles. The molecular weight excluding hydrogens is 318 g/mol. The van der Waals surface area contributed by atoms with Gasteiger partial charge in [0, 0.05) is 51.5 Å². The Bertz CT molecular complexity index is 767. The number of anilines is 1. The molecule has 0 bridgehead atoms. The van der Waals surface area contributed by atoms with Crippen LogP contribution < -0.4 is 4.90 Å². The molecule has 0 saturated carbocycles. The normalized spacial score (nSPS) is 14.6. The minimum atomic E-state index is -0.945. The van der Waals surface area contributed by atoms with Crippen molar-refractivity contribution >= 4 is 11.8 Å². The summed E-state index contributed by atoms with van der Waals surface area (Å²) in [4.78, 5) is 20.3. The van der Waals surface area contributed by atoms with E-state index in [9.17, 15) is 9.90 Å². The van der Waals surface area contributed by atoms with Gasteiger partial charge in [0.1, 0.15) is 5.82 Å². The Morgan fingerprint density at radius 1 is 1.40 bits per heavy atom. The summed E-state index contributed by atoms with van der Waals surface area (Å²) in [5, 5.41) is 13.4. The minimum Gasteiger partial charge on any atom is -0.476 e. The third-order valence-corrected chi connectivity index (χ3v) is 4.88. The highest BCUT2D eigenvalue weighted by Crippen LogP contribution is 2.23. The van der Waals surface area contributed by atoms with Crippen LogP contribution in [0.25, 0.3) is 0 Å². The minimum absolute atomic E-state index is 0.194. The number of carboxylic acid groups (broad SMARTS) is 1. The summed E-state index contributed by atoms with van der Waals surface area (Å²) in [6.45, 7) is 6.61. The first-order valence-electron chi connectivity index (χ1n) is 8.55. The second-order valence-corrected chi connectivity index (χ2v) is 6.89. The molecule has 25 heavy (non-hydrogen) atoms. The number of aryl methyl sites for hydroxylation is 1. The van der Waals surface area contributed by atoms with Crippen LogP contribution in [0.3, 0.4) is 0 Å². The van der Waals surface area contributed by atoms with Gasteiger partial charge < -0.3 is 10.0 Å². The number of aromatic nitrogens is 3. The van der Waals surface area contributed by atoms with Gasteiger partial charge in [0.25, 0.3) is 0 Å². The van der Waals surface area contributed by atoms with Crippen LogP contribution in [0.5, 0.6) is 0 Å². The number of hydrogen-bond donors (Lipinski definition) is 1. The molecule has 134 valence electrons. The zero-order chi connectivity index (χ0) is 18.1. The highest BCUT2D eigenvalue weighted by atomic mass is 16.4. The molecule has 0 radical (unpaired) electrons. The van der Waals surface area contributed by atoms with Crippen molar-refractivity contribution in [3.63, 3.8) is 0 Å². The Morgan fingerprint density at radius 3 is 2.76 bits per heavy atom. The van der Waals surface area contributed by atoms with Crippen LogP contribution in [-0.2, 0) is 26.6 Å². The number of carbonyl (C=O) groups is 1. The van der Waals surface area contributed by atoms with E-state index in [1.165, 1.54) is 0 Å². The topological polar surface area (TPSA) is 74.5 Å². The fourth-order valence-electron chi connectivity index (χ4n) is 3.17. The summed E-state index contributed by atoms with van der Waals surface area (Å²) in [6.07, 6.45) is 2.64. The molecule has 0 fully saturated rings. The summed E-state index contributed by atoms with van der Waals surface area (Å²) in [6, 6.07) is 4.58.